The number of rotatable bonds is 10. The first-order valence-electron chi connectivity index (χ1n) is 8.36. The van der Waals surface area contributed by atoms with Crippen LogP contribution in [0.25, 0.3) is 0 Å². The van der Waals surface area contributed by atoms with Crippen LogP contribution in [0.3, 0.4) is 0 Å². The fraction of sp³-hybridized carbons (Fsp3) is 0.474. The van der Waals surface area contributed by atoms with E-state index in [4.69, 9.17) is 13.9 Å². The van der Waals surface area contributed by atoms with Gasteiger partial charge in [0.15, 0.2) is 11.5 Å². The third kappa shape index (κ3) is 5.01. The third-order valence-corrected chi connectivity index (χ3v) is 3.85. The number of benzene rings is 1. The molecule has 1 atom stereocenters. The van der Waals surface area contributed by atoms with Gasteiger partial charge in [-0.15, -0.1) is 0 Å². The molecular formula is C19H28N2O3. The molecule has 0 aliphatic heterocycles. The molecule has 1 aromatic heterocycles. The summed E-state index contributed by atoms with van der Waals surface area (Å²) in [7, 11) is 5.78. The number of furan rings is 1. The fourth-order valence-corrected chi connectivity index (χ4v) is 2.52. The minimum Gasteiger partial charge on any atom is -0.493 e. The van der Waals surface area contributed by atoms with Gasteiger partial charge in [0.1, 0.15) is 5.76 Å². The van der Waals surface area contributed by atoms with E-state index in [0.29, 0.717) is 6.61 Å². The Labute approximate surface area is 144 Å². The van der Waals surface area contributed by atoms with Gasteiger partial charge in [0.2, 0.25) is 0 Å². The molecule has 0 radical (unpaired) electrons. The van der Waals surface area contributed by atoms with Gasteiger partial charge in [0.25, 0.3) is 0 Å². The molecule has 1 aromatic carbocycles. The molecule has 0 saturated carbocycles. The Hall–Kier alpha value is -1.98. The maximum atomic E-state index is 5.69. The summed E-state index contributed by atoms with van der Waals surface area (Å²) in [5, 5.41) is 3.49. The van der Waals surface area contributed by atoms with E-state index < -0.39 is 0 Å². The molecule has 0 aliphatic rings. The maximum absolute atomic E-state index is 5.69. The van der Waals surface area contributed by atoms with Crippen LogP contribution in [0, 0.1) is 0 Å². The Morgan fingerprint density at radius 1 is 1.21 bits per heavy atom. The van der Waals surface area contributed by atoms with E-state index in [0.717, 1.165) is 42.3 Å². The molecule has 0 bridgehead atoms. The van der Waals surface area contributed by atoms with Gasteiger partial charge in [-0.1, -0.05) is 13.0 Å². The van der Waals surface area contributed by atoms with Crippen LogP contribution in [-0.2, 0) is 6.54 Å². The predicted octanol–water partition coefficient (Wildman–Crippen LogP) is 3.47. The fourth-order valence-electron chi connectivity index (χ4n) is 2.52. The van der Waals surface area contributed by atoms with Crippen LogP contribution in [0.4, 0.5) is 0 Å². The summed E-state index contributed by atoms with van der Waals surface area (Å²) < 4.78 is 16.7. The van der Waals surface area contributed by atoms with E-state index in [-0.39, 0.29) is 6.04 Å². The molecule has 0 aliphatic carbocycles. The molecule has 1 unspecified atom stereocenters. The summed E-state index contributed by atoms with van der Waals surface area (Å²) in [6, 6.07) is 10.2. The SMILES string of the molecule is CCCOc1ccc(CNCC(c2ccco2)N(C)C)cc1OC. The number of hydrogen-bond donors (Lipinski definition) is 1. The molecular weight excluding hydrogens is 304 g/mol. The Morgan fingerprint density at radius 2 is 2.04 bits per heavy atom. The van der Waals surface area contributed by atoms with Crippen molar-refractivity contribution in [3.8, 4) is 11.5 Å². The van der Waals surface area contributed by atoms with Crippen molar-refractivity contribution in [2.24, 2.45) is 0 Å². The van der Waals surface area contributed by atoms with E-state index >= 15 is 0 Å². The van der Waals surface area contributed by atoms with Crippen LogP contribution >= 0.6 is 0 Å². The topological polar surface area (TPSA) is 46.9 Å². The molecule has 1 heterocycles. The Balaban J connectivity index is 1.93. The normalized spacial score (nSPS) is 12.4. The van der Waals surface area contributed by atoms with Gasteiger partial charge >= 0.3 is 0 Å². The molecule has 1 N–H and O–H groups in total. The lowest BCUT2D eigenvalue weighted by Crippen LogP contribution is -2.30. The highest BCUT2D eigenvalue weighted by atomic mass is 16.5. The standard InChI is InChI=1S/C19H28N2O3/c1-5-10-23-18-9-8-15(12-19(18)22-4)13-20-14-16(21(2)3)17-7-6-11-24-17/h6-9,11-12,16,20H,5,10,13-14H2,1-4H3. The maximum Gasteiger partial charge on any atom is 0.161 e. The zero-order valence-electron chi connectivity index (χ0n) is 15.0. The highest BCUT2D eigenvalue weighted by Gasteiger charge is 2.16. The number of likely N-dealkylation sites (N-methyl/N-ethyl adjacent to an activating group) is 1. The van der Waals surface area contributed by atoms with Gasteiger partial charge in [0.05, 0.1) is 26.0 Å². The second kappa shape index (κ2) is 9.35. The van der Waals surface area contributed by atoms with E-state index in [1.54, 1.807) is 13.4 Å². The Kier molecular flexibility index (Phi) is 7.15. The van der Waals surface area contributed by atoms with Crippen LogP contribution < -0.4 is 14.8 Å². The molecule has 0 saturated heterocycles. The molecule has 0 fully saturated rings. The highest BCUT2D eigenvalue weighted by Crippen LogP contribution is 2.28. The van der Waals surface area contributed by atoms with Crippen LogP contribution in [0.2, 0.25) is 0 Å². The second-order valence-corrected chi connectivity index (χ2v) is 5.96. The number of nitrogens with zero attached hydrogens (tertiary/aromatic N) is 1. The zero-order valence-corrected chi connectivity index (χ0v) is 15.0. The highest BCUT2D eigenvalue weighted by molar-refractivity contribution is 5.42. The summed E-state index contributed by atoms with van der Waals surface area (Å²) in [5.41, 5.74) is 1.16. The lowest BCUT2D eigenvalue weighted by molar-refractivity contribution is 0.250. The van der Waals surface area contributed by atoms with Crippen molar-refractivity contribution in [2.75, 3.05) is 34.4 Å². The third-order valence-electron chi connectivity index (χ3n) is 3.85. The van der Waals surface area contributed by atoms with Gasteiger partial charge < -0.3 is 19.2 Å². The van der Waals surface area contributed by atoms with E-state index in [9.17, 15) is 0 Å². The van der Waals surface area contributed by atoms with Gasteiger partial charge in [-0.2, -0.15) is 0 Å². The molecule has 0 amide bonds. The van der Waals surface area contributed by atoms with Crippen molar-refractivity contribution in [3.05, 3.63) is 47.9 Å². The summed E-state index contributed by atoms with van der Waals surface area (Å²) >= 11 is 0. The molecule has 0 spiro atoms. The lowest BCUT2D eigenvalue weighted by Gasteiger charge is -2.22. The summed E-state index contributed by atoms with van der Waals surface area (Å²) in [6.07, 6.45) is 2.69. The van der Waals surface area contributed by atoms with Crippen molar-refractivity contribution in [1.29, 1.82) is 0 Å². The van der Waals surface area contributed by atoms with E-state index in [2.05, 4.69) is 37.3 Å². The average Bonchev–Trinajstić information content (AvgIpc) is 3.11. The summed E-state index contributed by atoms with van der Waals surface area (Å²) in [5.74, 6) is 2.54. The van der Waals surface area contributed by atoms with Crippen LogP contribution in [0.1, 0.15) is 30.7 Å². The molecule has 5 nitrogen and oxygen atoms in total. The number of ether oxygens (including phenoxy) is 2. The van der Waals surface area contributed by atoms with Crippen molar-refractivity contribution in [1.82, 2.24) is 10.2 Å². The first-order chi connectivity index (χ1) is 11.7. The molecule has 132 valence electrons. The Bertz CT molecular complexity index is 597. The van der Waals surface area contributed by atoms with Gasteiger partial charge in [0, 0.05) is 13.1 Å². The average molecular weight is 332 g/mol. The van der Waals surface area contributed by atoms with Gasteiger partial charge in [-0.3, -0.25) is 4.90 Å². The molecule has 2 aromatic rings. The Morgan fingerprint density at radius 3 is 2.67 bits per heavy atom. The summed E-state index contributed by atoms with van der Waals surface area (Å²) in [4.78, 5) is 2.15. The quantitative estimate of drug-likeness (QED) is 0.722. The van der Waals surface area contributed by atoms with Crippen molar-refractivity contribution >= 4 is 0 Å². The van der Waals surface area contributed by atoms with Crippen LogP contribution in [0.5, 0.6) is 11.5 Å². The minimum atomic E-state index is 0.203. The zero-order chi connectivity index (χ0) is 17.4. The second-order valence-electron chi connectivity index (χ2n) is 5.96. The van der Waals surface area contributed by atoms with Crippen molar-refractivity contribution in [3.63, 3.8) is 0 Å². The number of methoxy groups -OCH3 is 1. The van der Waals surface area contributed by atoms with Crippen molar-refractivity contribution in [2.45, 2.75) is 25.9 Å². The largest absolute Gasteiger partial charge is 0.493 e. The number of hydrogen-bond acceptors (Lipinski definition) is 5. The van der Waals surface area contributed by atoms with E-state index in [1.807, 2.05) is 24.3 Å². The lowest BCUT2D eigenvalue weighted by atomic mass is 10.1. The summed E-state index contributed by atoms with van der Waals surface area (Å²) in [6.45, 7) is 4.35. The molecule has 5 heteroatoms. The predicted molar refractivity (Wildman–Crippen MR) is 95.6 cm³/mol. The van der Waals surface area contributed by atoms with Crippen LogP contribution in [0.15, 0.2) is 41.0 Å². The minimum absolute atomic E-state index is 0.203. The smallest absolute Gasteiger partial charge is 0.161 e. The monoisotopic (exact) mass is 332 g/mol. The number of nitrogens with one attached hydrogen (secondary N) is 1. The van der Waals surface area contributed by atoms with Crippen molar-refractivity contribution < 1.29 is 13.9 Å². The first-order valence-corrected chi connectivity index (χ1v) is 8.36. The van der Waals surface area contributed by atoms with E-state index in [1.165, 1.54) is 0 Å². The first kappa shape index (κ1) is 18.4. The van der Waals surface area contributed by atoms with Gasteiger partial charge in [-0.25, -0.2) is 0 Å². The molecule has 2 rings (SSSR count). The van der Waals surface area contributed by atoms with Gasteiger partial charge in [-0.05, 0) is 50.3 Å². The molecule has 24 heavy (non-hydrogen) atoms. The van der Waals surface area contributed by atoms with Crippen LogP contribution in [-0.4, -0.2) is 39.3 Å².